The summed E-state index contributed by atoms with van der Waals surface area (Å²) in [6.45, 7) is 1.00. The molecule has 0 amide bonds. The summed E-state index contributed by atoms with van der Waals surface area (Å²) in [6.07, 6.45) is 6.30. The van der Waals surface area contributed by atoms with Crippen molar-refractivity contribution in [2.24, 2.45) is 0 Å². The Labute approximate surface area is 167 Å². The van der Waals surface area contributed by atoms with E-state index in [9.17, 15) is 8.42 Å². The van der Waals surface area contributed by atoms with Crippen LogP contribution in [0.5, 0.6) is 0 Å². The number of nitrogens with two attached hydrogens (primary N) is 1. The third kappa shape index (κ3) is 3.14. The van der Waals surface area contributed by atoms with Crippen LogP contribution in [-0.4, -0.2) is 56.8 Å². The molecule has 3 N–H and O–H groups in total. The van der Waals surface area contributed by atoms with E-state index in [4.69, 9.17) is 10.7 Å². The largest absolute Gasteiger partial charge is 0.382 e. The number of H-pyrrole nitrogens is 1. The SMILES string of the molecule is CS(=O)(=O)N1CCC(c2nc3c(N)nc4cc(-n5cccn5)ccc4c3[nH]2)CC1. The van der Waals surface area contributed by atoms with Crippen molar-refractivity contribution < 1.29 is 8.42 Å². The van der Waals surface area contributed by atoms with Gasteiger partial charge in [0.25, 0.3) is 0 Å². The Kier molecular flexibility index (Phi) is 4.07. The lowest BCUT2D eigenvalue weighted by atomic mass is 9.97. The first-order valence-electron chi connectivity index (χ1n) is 9.44. The van der Waals surface area contributed by atoms with E-state index in [1.807, 2.05) is 30.5 Å². The Bertz CT molecular complexity index is 1300. The van der Waals surface area contributed by atoms with Gasteiger partial charge >= 0.3 is 0 Å². The molecule has 0 spiro atoms. The maximum Gasteiger partial charge on any atom is 0.211 e. The number of sulfonamides is 1. The predicted molar refractivity (Wildman–Crippen MR) is 111 cm³/mol. The molecule has 0 radical (unpaired) electrons. The molecule has 4 heterocycles. The molecule has 0 unspecified atom stereocenters. The van der Waals surface area contributed by atoms with Gasteiger partial charge in [0.1, 0.15) is 11.3 Å². The Hall–Kier alpha value is -2.98. The number of hydrogen-bond acceptors (Lipinski definition) is 6. The molecule has 9 nitrogen and oxygen atoms in total. The molecule has 1 aromatic carbocycles. The van der Waals surface area contributed by atoms with Crippen LogP contribution in [0.2, 0.25) is 0 Å². The maximum atomic E-state index is 11.7. The Morgan fingerprint density at radius 1 is 1.21 bits per heavy atom. The predicted octanol–water partition coefficient (Wildman–Crippen LogP) is 2.02. The Morgan fingerprint density at radius 3 is 2.69 bits per heavy atom. The molecule has 1 saturated heterocycles. The minimum absolute atomic E-state index is 0.165. The molecule has 1 fully saturated rings. The number of fused-ring (bicyclic) bond motifs is 3. The van der Waals surface area contributed by atoms with Crippen LogP contribution in [0.1, 0.15) is 24.6 Å². The van der Waals surface area contributed by atoms with Crippen molar-refractivity contribution in [3.05, 3.63) is 42.5 Å². The van der Waals surface area contributed by atoms with E-state index in [2.05, 4.69) is 15.1 Å². The summed E-state index contributed by atoms with van der Waals surface area (Å²) in [4.78, 5) is 12.7. The number of imidazole rings is 1. The van der Waals surface area contributed by atoms with Crippen LogP contribution in [0.4, 0.5) is 5.82 Å². The molecular formula is C19H21N7O2S. The number of aromatic nitrogens is 5. The van der Waals surface area contributed by atoms with E-state index in [1.54, 1.807) is 10.9 Å². The molecule has 29 heavy (non-hydrogen) atoms. The summed E-state index contributed by atoms with van der Waals surface area (Å²) in [6, 6.07) is 7.79. The van der Waals surface area contributed by atoms with Gasteiger partial charge in [0.05, 0.1) is 23.0 Å². The zero-order valence-electron chi connectivity index (χ0n) is 15.9. The number of nitrogens with one attached hydrogen (secondary N) is 1. The summed E-state index contributed by atoms with van der Waals surface area (Å²) in [5.41, 5.74) is 9.40. The fraction of sp³-hybridized carbons (Fsp3) is 0.316. The number of aromatic amines is 1. The Balaban J connectivity index is 1.53. The summed E-state index contributed by atoms with van der Waals surface area (Å²) in [5.74, 6) is 1.38. The zero-order valence-corrected chi connectivity index (χ0v) is 16.7. The number of anilines is 1. The lowest BCUT2D eigenvalue weighted by molar-refractivity contribution is 0.316. The topological polar surface area (TPSA) is 123 Å². The highest BCUT2D eigenvalue weighted by molar-refractivity contribution is 7.88. The van der Waals surface area contributed by atoms with Gasteiger partial charge in [0, 0.05) is 36.8 Å². The monoisotopic (exact) mass is 411 g/mol. The standard InChI is InChI=1S/C19H21N7O2S/c1-29(27,28)25-9-5-12(6-10-25)19-23-16-14-4-3-13(26-8-2-7-21-26)11-15(14)22-18(20)17(16)24-19/h2-4,7-8,11-12H,5-6,9-10H2,1H3,(H2,20,22)(H,23,24). The molecule has 0 atom stereocenters. The molecule has 150 valence electrons. The zero-order chi connectivity index (χ0) is 20.2. The van der Waals surface area contributed by atoms with Crippen LogP contribution in [0, 0.1) is 0 Å². The third-order valence-electron chi connectivity index (χ3n) is 5.53. The second-order valence-corrected chi connectivity index (χ2v) is 9.41. The lowest BCUT2D eigenvalue weighted by Gasteiger charge is -2.29. The van der Waals surface area contributed by atoms with Crippen molar-refractivity contribution >= 4 is 37.8 Å². The van der Waals surface area contributed by atoms with Gasteiger partial charge in [-0.05, 0) is 37.1 Å². The van der Waals surface area contributed by atoms with E-state index in [1.165, 1.54) is 10.6 Å². The summed E-state index contributed by atoms with van der Waals surface area (Å²) in [7, 11) is -3.15. The van der Waals surface area contributed by atoms with Crippen LogP contribution in [0.25, 0.3) is 27.6 Å². The molecule has 0 bridgehead atoms. The average molecular weight is 411 g/mol. The van der Waals surface area contributed by atoms with Gasteiger partial charge in [-0.3, -0.25) is 0 Å². The number of nitrogen functional groups attached to an aromatic ring is 1. The van der Waals surface area contributed by atoms with E-state index >= 15 is 0 Å². The molecule has 4 aromatic rings. The third-order valence-corrected chi connectivity index (χ3v) is 6.84. The van der Waals surface area contributed by atoms with Gasteiger partial charge < -0.3 is 10.7 Å². The number of rotatable bonds is 3. The van der Waals surface area contributed by atoms with Gasteiger partial charge in [0.15, 0.2) is 5.82 Å². The number of benzene rings is 1. The lowest BCUT2D eigenvalue weighted by Crippen LogP contribution is -2.37. The van der Waals surface area contributed by atoms with Gasteiger partial charge in [-0.15, -0.1) is 0 Å². The van der Waals surface area contributed by atoms with Crippen LogP contribution in [-0.2, 0) is 10.0 Å². The number of piperidine rings is 1. The highest BCUT2D eigenvalue weighted by Crippen LogP contribution is 2.32. The molecule has 1 aliphatic heterocycles. The molecule has 1 aliphatic rings. The average Bonchev–Trinajstić information content (AvgIpc) is 3.38. The van der Waals surface area contributed by atoms with Crippen molar-refractivity contribution in [1.82, 2.24) is 29.0 Å². The number of hydrogen-bond donors (Lipinski definition) is 2. The molecule has 10 heteroatoms. The normalized spacial score (nSPS) is 16.7. The molecule has 0 saturated carbocycles. The molecule has 0 aliphatic carbocycles. The quantitative estimate of drug-likeness (QED) is 0.532. The first-order chi connectivity index (χ1) is 13.9. The summed E-state index contributed by atoms with van der Waals surface area (Å²) in [5, 5.41) is 5.20. The van der Waals surface area contributed by atoms with Crippen molar-refractivity contribution in [1.29, 1.82) is 0 Å². The number of nitrogens with zero attached hydrogens (tertiary/aromatic N) is 5. The van der Waals surface area contributed by atoms with Crippen LogP contribution < -0.4 is 5.73 Å². The van der Waals surface area contributed by atoms with Gasteiger partial charge in [-0.25, -0.2) is 27.4 Å². The minimum atomic E-state index is -3.15. The van der Waals surface area contributed by atoms with Crippen molar-refractivity contribution in [3.63, 3.8) is 0 Å². The minimum Gasteiger partial charge on any atom is -0.382 e. The van der Waals surface area contributed by atoms with Crippen LogP contribution in [0.15, 0.2) is 36.7 Å². The first kappa shape index (κ1) is 18.1. The second kappa shape index (κ2) is 6.53. The number of pyridine rings is 1. The van der Waals surface area contributed by atoms with Crippen molar-refractivity contribution in [2.45, 2.75) is 18.8 Å². The van der Waals surface area contributed by atoms with Crippen molar-refractivity contribution in [3.8, 4) is 5.69 Å². The Morgan fingerprint density at radius 2 is 2.00 bits per heavy atom. The molecule has 5 rings (SSSR count). The van der Waals surface area contributed by atoms with E-state index in [-0.39, 0.29) is 5.92 Å². The van der Waals surface area contributed by atoms with Crippen LogP contribution >= 0.6 is 0 Å². The summed E-state index contributed by atoms with van der Waals surface area (Å²) >= 11 is 0. The maximum absolute atomic E-state index is 11.7. The highest BCUT2D eigenvalue weighted by Gasteiger charge is 2.28. The van der Waals surface area contributed by atoms with Crippen molar-refractivity contribution in [2.75, 3.05) is 25.1 Å². The van der Waals surface area contributed by atoms with Gasteiger partial charge in [0.2, 0.25) is 10.0 Å². The molecular weight excluding hydrogens is 390 g/mol. The highest BCUT2D eigenvalue weighted by atomic mass is 32.2. The first-order valence-corrected chi connectivity index (χ1v) is 11.3. The van der Waals surface area contributed by atoms with E-state index < -0.39 is 10.0 Å². The fourth-order valence-electron chi connectivity index (χ4n) is 4.00. The summed E-state index contributed by atoms with van der Waals surface area (Å²) < 4.78 is 26.8. The van der Waals surface area contributed by atoms with Gasteiger partial charge in [-0.2, -0.15) is 5.10 Å². The second-order valence-electron chi connectivity index (χ2n) is 7.43. The smallest absolute Gasteiger partial charge is 0.211 e. The van der Waals surface area contributed by atoms with E-state index in [0.29, 0.717) is 24.4 Å². The molecule has 3 aromatic heterocycles. The van der Waals surface area contributed by atoms with Crippen LogP contribution in [0.3, 0.4) is 0 Å². The van der Waals surface area contributed by atoms with E-state index in [0.717, 1.165) is 40.8 Å². The van der Waals surface area contributed by atoms with Gasteiger partial charge in [-0.1, -0.05) is 0 Å². The fourth-order valence-corrected chi connectivity index (χ4v) is 4.87.